The van der Waals surface area contributed by atoms with Crippen LogP contribution in [0.2, 0.25) is 5.02 Å². The van der Waals surface area contributed by atoms with Gasteiger partial charge < -0.3 is 19.7 Å². The molecule has 1 aliphatic heterocycles. The molecule has 1 unspecified atom stereocenters. The third-order valence-electron chi connectivity index (χ3n) is 4.29. The molecule has 29 heavy (non-hydrogen) atoms. The van der Waals surface area contributed by atoms with E-state index in [1.54, 1.807) is 6.92 Å². The highest BCUT2D eigenvalue weighted by atomic mass is 35.5. The second kappa shape index (κ2) is 10.0. The van der Waals surface area contributed by atoms with Gasteiger partial charge in [-0.05, 0) is 38.3 Å². The summed E-state index contributed by atoms with van der Waals surface area (Å²) in [4.78, 5) is 26.4. The zero-order valence-electron chi connectivity index (χ0n) is 16.3. The quantitative estimate of drug-likeness (QED) is 0.673. The molecule has 2 rings (SSSR count). The van der Waals surface area contributed by atoms with Crippen LogP contribution in [0.25, 0.3) is 0 Å². The molecule has 0 bridgehead atoms. The fraction of sp³-hybridized carbons (Fsp3) is 0.579. The third-order valence-corrected chi connectivity index (χ3v) is 4.57. The Morgan fingerprint density at radius 2 is 2.00 bits per heavy atom. The van der Waals surface area contributed by atoms with E-state index in [9.17, 15) is 22.8 Å². The van der Waals surface area contributed by atoms with E-state index in [-0.39, 0.29) is 17.1 Å². The normalized spacial score (nSPS) is 16.6. The third kappa shape index (κ3) is 6.16. The van der Waals surface area contributed by atoms with E-state index >= 15 is 0 Å². The fourth-order valence-corrected chi connectivity index (χ4v) is 3.32. The van der Waals surface area contributed by atoms with Crippen molar-refractivity contribution in [3.05, 3.63) is 22.7 Å². The summed E-state index contributed by atoms with van der Waals surface area (Å²) in [6.45, 7) is 3.27. The number of hydrogen-bond acceptors (Lipinski definition) is 4. The Kier molecular flexibility index (Phi) is 8.01. The van der Waals surface area contributed by atoms with E-state index < -0.39 is 30.6 Å². The first-order valence-electron chi connectivity index (χ1n) is 9.42. The topological polar surface area (TPSA) is 67.9 Å². The minimum atomic E-state index is -4.52. The van der Waals surface area contributed by atoms with E-state index in [0.29, 0.717) is 37.6 Å². The summed E-state index contributed by atoms with van der Waals surface area (Å²) in [7, 11) is 0. The molecule has 0 saturated carbocycles. The molecule has 1 aliphatic rings. The molecule has 162 valence electrons. The number of carbonyl (C=O) groups excluding carboxylic acids is 2. The maximum Gasteiger partial charge on any atom is 0.405 e. The van der Waals surface area contributed by atoms with Crippen molar-refractivity contribution < 1.29 is 32.2 Å². The van der Waals surface area contributed by atoms with Crippen LogP contribution in [0, 0.1) is 0 Å². The van der Waals surface area contributed by atoms with Gasteiger partial charge in [0.05, 0.1) is 18.2 Å². The summed E-state index contributed by atoms with van der Waals surface area (Å²) < 4.78 is 48.3. The van der Waals surface area contributed by atoms with Gasteiger partial charge in [-0.1, -0.05) is 18.5 Å². The number of halogens is 4. The highest BCUT2D eigenvalue weighted by Crippen LogP contribution is 2.37. The highest BCUT2D eigenvalue weighted by Gasteiger charge is 2.37. The Morgan fingerprint density at radius 3 is 2.62 bits per heavy atom. The highest BCUT2D eigenvalue weighted by molar-refractivity contribution is 6.32. The van der Waals surface area contributed by atoms with Crippen molar-refractivity contribution in [2.24, 2.45) is 0 Å². The summed E-state index contributed by atoms with van der Waals surface area (Å²) >= 11 is 6.28. The number of hydrogen-bond donors (Lipinski definition) is 1. The average molecular weight is 437 g/mol. The summed E-state index contributed by atoms with van der Waals surface area (Å²) in [5, 5.41) is 2.03. The molecule has 0 aromatic heterocycles. The number of carbonyl (C=O) groups is 2. The molecule has 2 amide bonds. The van der Waals surface area contributed by atoms with Crippen LogP contribution in [0.5, 0.6) is 11.5 Å². The number of amides is 2. The van der Waals surface area contributed by atoms with Crippen molar-refractivity contribution in [3.63, 3.8) is 0 Å². The van der Waals surface area contributed by atoms with E-state index in [2.05, 4.69) is 0 Å². The smallest absolute Gasteiger partial charge is 0.405 e. The lowest BCUT2D eigenvalue weighted by molar-refractivity contribution is -0.140. The van der Waals surface area contributed by atoms with Gasteiger partial charge in [0.25, 0.3) is 5.91 Å². The number of rotatable bonds is 8. The van der Waals surface area contributed by atoms with Crippen molar-refractivity contribution in [2.45, 2.75) is 45.3 Å². The van der Waals surface area contributed by atoms with Crippen molar-refractivity contribution in [1.29, 1.82) is 0 Å². The minimum Gasteiger partial charge on any atom is -0.490 e. The molecule has 0 spiro atoms. The molecular weight excluding hydrogens is 413 g/mol. The first-order chi connectivity index (χ1) is 13.7. The summed E-state index contributed by atoms with van der Waals surface area (Å²) in [6.07, 6.45) is -2.96. The van der Waals surface area contributed by atoms with E-state index in [1.165, 1.54) is 17.0 Å². The van der Waals surface area contributed by atoms with Crippen LogP contribution in [-0.2, 0) is 4.79 Å². The minimum absolute atomic E-state index is 0.179. The zero-order chi connectivity index (χ0) is 21.6. The standard InChI is InChI=1S/C19H24ClF3N2O4/c1-3-8-29-16-13(20)9-12(10-15(16)28-4-2)18(27)25-7-5-6-14(25)17(26)24-11-19(21,22)23/h9-10,14H,3-8,11H2,1-2H3,(H,24,26). The van der Waals surface area contributed by atoms with Gasteiger partial charge in [-0.2, -0.15) is 13.2 Å². The molecule has 6 nitrogen and oxygen atoms in total. The number of benzene rings is 1. The fourth-order valence-electron chi connectivity index (χ4n) is 3.05. The Bertz CT molecular complexity index is 743. The number of nitrogens with zero attached hydrogens (tertiary/aromatic N) is 1. The first-order valence-corrected chi connectivity index (χ1v) is 9.80. The zero-order valence-corrected chi connectivity index (χ0v) is 17.0. The largest absolute Gasteiger partial charge is 0.490 e. The molecular formula is C19H24ClF3N2O4. The molecule has 1 atom stereocenters. The number of ether oxygens (including phenoxy) is 2. The van der Waals surface area contributed by atoms with Gasteiger partial charge in [-0.3, -0.25) is 9.59 Å². The Labute approximate surface area is 172 Å². The van der Waals surface area contributed by atoms with Gasteiger partial charge in [0.1, 0.15) is 12.6 Å². The molecule has 1 saturated heterocycles. The van der Waals surface area contributed by atoms with Gasteiger partial charge in [0.2, 0.25) is 5.91 Å². The molecule has 1 aromatic carbocycles. The second-order valence-electron chi connectivity index (χ2n) is 6.56. The molecule has 0 aliphatic carbocycles. The van der Waals surface area contributed by atoms with Gasteiger partial charge in [0.15, 0.2) is 11.5 Å². The number of nitrogens with one attached hydrogen (secondary N) is 1. The van der Waals surface area contributed by atoms with Crippen LogP contribution >= 0.6 is 11.6 Å². The predicted molar refractivity (Wildman–Crippen MR) is 102 cm³/mol. The van der Waals surface area contributed by atoms with Gasteiger partial charge >= 0.3 is 6.18 Å². The van der Waals surface area contributed by atoms with Crippen molar-refractivity contribution in [2.75, 3.05) is 26.3 Å². The molecule has 10 heteroatoms. The maximum atomic E-state index is 13.0. The molecule has 1 aromatic rings. The monoisotopic (exact) mass is 436 g/mol. The lowest BCUT2D eigenvalue weighted by atomic mass is 10.1. The van der Waals surface area contributed by atoms with Crippen molar-refractivity contribution in [3.8, 4) is 11.5 Å². The predicted octanol–water partition coefficient (Wildman–Crippen LogP) is 3.81. The van der Waals surface area contributed by atoms with Crippen LogP contribution in [-0.4, -0.2) is 55.2 Å². The lowest BCUT2D eigenvalue weighted by Crippen LogP contribution is -2.48. The summed E-state index contributed by atoms with van der Waals surface area (Å²) in [5.74, 6) is -0.700. The summed E-state index contributed by atoms with van der Waals surface area (Å²) in [5.41, 5.74) is 0.179. The Hall–Kier alpha value is -2.16. The van der Waals surface area contributed by atoms with E-state index in [4.69, 9.17) is 21.1 Å². The Balaban J connectivity index is 2.22. The van der Waals surface area contributed by atoms with Gasteiger partial charge in [-0.15, -0.1) is 0 Å². The van der Waals surface area contributed by atoms with E-state index in [1.807, 2.05) is 12.2 Å². The van der Waals surface area contributed by atoms with Gasteiger partial charge in [-0.25, -0.2) is 0 Å². The SMILES string of the molecule is CCCOc1c(Cl)cc(C(=O)N2CCCC2C(=O)NCC(F)(F)F)cc1OCC. The molecule has 1 N–H and O–H groups in total. The number of likely N-dealkylation sites (tertiary alicyclic amines) is 1. The van der Waals surface area contributed by atoms with Crippen LogP contribution in [0.4, 0.5) is 13.2 Å². The van der Waals surface area contributed by atoms with Crippen molar-refractivity contribution in [1.82, 2.24) is 10.2 Å². The van der Waals surface area contributed by atoms with Crippen LogP contribution < -0.4 is 14.8 Å². The van der Waals surface area contributed by atoms with Gasteiger partial charge in [0, 0.05) is 12.1 Å². The number of alkyl halides is 3. The molecule has 0 radical (unpaired) electrons. The molecule has 1 fully saturated rings. The van der Waals surface area contributed by atoms with Crippen molar-refractivity contribution >= 4 is 23.4 Å². The Morgan fingerprint density at radius 1 is 1.28 bits per heavy atom. The first kappa shape index (κ1) is 23.1. The van der Waals surface area contributed by atoms with E-state index in [0.717, 1.165) is 6.42 Å². The maximum absolute atomic E-state index is 13.0. The van der Waals surface area contributed by atoms with Crippen LogP contribution in [0.3, 0.4) is 0 Å². The van der Waals surface area contributed by atoms with Crippen LogP contribution in [0.1, 0.15) is 43.5 Å². The average Bonchev–Trinajstić information content (AvgIpc) is 3.14. The lowest BCUT2D eigenvalue weighted by Gasteiger charge is -2.25. The second-order valence-corrected chi connectivity index (χ2v) is 6.96. The summed E-state index contributed by atoms with van der Waals surface area (Å²) in [6, 6.07) is 1.93. The van der Waals surface area contributed by atoms with Crippen LogP contribution in [0.15, 0.2) is 12.1 Å². The molecule has 1 heterocycles.